The Morgan fingerprint density at radius 3 is 2.79 bits per heavy atom. The second-order valence-electron chi connectivity index (χ2n) is 7.87. The van der Waals surface area contributed by atoms with E-state index >= 15 is 0 Å². The quantitative estimate of drug-likeness (QED) is 0.557. The molecular formula is C18H20BrN5O4. The van der Waals surface area contributed by atoms with E-state index in [0.717, 1.165) is 17.3 Å². The van der Waals surface area contributed by atoms with Crippen molar-refractivity contribution in [3.05, 3.63) is 32.9 Å². The zero-order valence-electron chi connectivity index (χ0n) is 15.6. The van der Waals surface area contributed by atoms with E-state index in [0.29, 0.717) is 22.4 Å². The predicted octanol–water partition coefficient (Wildman–Crippen LogP) is 3.64. The Hall–Kier alpha value is -2.62. The van der Waals surface area contributed by atoms with Crippen LogP contribution in [-0.2, 0) is 4.74 Å². The summed E-state index contributed by atoms with van der Waals surface area (Å²) in [5.74, 6) is 0.884. The van der Waals surface area contributed by atoms with Gasteiger partial charge >= 0.3 is 11.8 Å². The smallest absolute Gasteiger partial charge is 0.408 e. The van der Waals surface area contributed by atoms with Gasteiger partial charge in [-0.2, -0.15) is 4.98 Å². The van der Waals surface area contributed by atoms with Gasteiger partial charge in [0.1, 0.15) is 5.60 Å². The van der Waals surface area contributed by atoms with Gasteiger partial charge in [0.2, 0.25) is 0 Å². The van der Waals surface area contributed by atoms with Crippen LogP contribution in [0.4, 0.5) is 4.79 Å². The van der Waals surface area contributed by atoms with E-state index in [9.17, 15) is 9.59 Å². The van der Waals surface area contributed by atoms with Crippen LogP contribution in [0.2, 0.25) is 0 Å². The Labute approximate surface area is 168 Å². The Kier molecular flexibility index (Phi) is 4.53. The van der Waals surface area contributed by atoms with E-state index in [1.54, 1.807) is 32.9 Å². The lowest BCUT2D eigenvalue weighted by Crippen LogP contribution is -2.36. The number of fused-ring (bicyclic) bond motifs is 1. The lowest BCUT2D eigenvalue weighted by molar-refractivity contribution is 0.0494. The average Bonchev–Trinajstić information content (AvgIpc) is 3.17. The molecule has 1 atom stereocenters. The molecule has 1 aliphatic carbocycles. The van der Waals surface area contributed by atoms with Gasteiger partial charge in [-0.25, -0.2) is 9.59 Å². The minimum absolute atomic E-state index is 0.243. The topological polar surface area (TPSA) is 126 Å². The molecule has 0 aliphatic heterocycles. The van der Waals surface area contributed by atoms with E-state index in [1.165, 1.54) is 0 Å². The number of nitrogens with one attached hydrogen (secondary N) is 3. The van der Waals surface area contributed by atoms with Crippen molar-refractivity contribution in [2.24, 2.45) is 5.92 Å². The summed E-state index contributed by atoms with van der Waals surface area (Å²) < 4.78 is 11.6. The molecular weight excluding hydrogens is 430 g/mol. The second kappa shape index (κ2) is 6.77. The first-order valence-corrected chi connectivity index (χ1v) is 9.74. The monoisotopic (exact) mass is 449 g/mol. The third-order valence-corrected chi connectivity index (χ3v) is 4.76. The predicted molar refractivity (Wildman–Crippen MR) is 105 cm³/mol. The first-order chi connectivity index (χ1) is 13.2. The molecule has 28 heavy (non-hydrogen) atoms. The number of carbonyl (C=O) groups is 1. The molecule has 0 saturated heterocycles. The summed E-state index contributed by atoms with van der Waals surface area (Å²) in [6.07, 6.45) is 1.42. The van der Waals surface area contributed by atoms with Crippen LogP contribution in [0.3, 0.4) is 0 Å². The number of nitrogens with zero attached hydrogens (tertiary/aromatic N) is 2. The van der Waals surface area contributed by atoms with Crippen molar-refractivity contribution in [1.29, 1.82) is 0 Å². The molecule has 1 amide bonds. The van der Waals surface area contributed by atoms with Crippen LogP contribution < -0.4 is 11.0 Å². The first kappa shape index (κ1) is 18.7. The molecule has 0 radical (unpaired) electrons. The third kappa shape index (κ3) is 3.96. The van der Waals surface area contributed by atoms with E-state index < -0.39 is 11.7 Å². The highest BCUT2D eigenvalue weighted by atomic mass is 79.9. The van der Waals surface area contributed by atoms with Crippen LogP contribution in [0.15, 0.2) is 25.9 Å². The molecule has 9 nitrogen and oxygen atoms in total. The zero-order valence-corrected chi connectivity index (χ0v) is 17.2. The van der Waals surface area contributed by atoms with Crippen LogP contribution in [-0.4, -0.2) is 31.8 Å². The summed E-state index contributed by atoms with van der Waals surface area (Å²) in [4.78, 5) is 33.8. The molecule has 3 N–H and O–H groups in total. The molecule has 1 fully saturated rings. The number of rotatable bonds is 4. The fraction of sp³-hybridized carbons (Fsp3) is 0.444. The van der Waals surface area contributed by atoms with Gasteiger partial charge < -0.3 is 24.5 Å². The van der Waals surface area contributed by atoms with Crippen LogP contribution in [0.1, 0.15) is 45.5 Å². The fourth-order valence-corrected chi connectivity index (χ4v) is 3.46. The number of hydrogen-bond donors (Lipinski definition) is 3. The van der Waals surface area contributed by atoms with Gasteiger partial charge in [0.15, 0.2) is 5.82 Å². The van der Waals surface area contributed by atoms with E-state index in [4.69, 9.17) is 9.26 Å². The highest BCUT2D eigenvalue weighted by Gasteiger charge is 2.37. The molecule has 148 valence electrons. The fourth-order valence-electron chi connectivity index (χ4n) is 3.00. The molecule has 1 unspecified atom stereocenters. The maximum Gasteiger partial charge on any atom is 0.408 e. The lowest BCUT2D eigenvalue weighted by Gasteiger charge is -2.22. The van der Waals surface area contributed by atoms with E-state index in [1.807, 2.05) is 0 Å². The molecule has 0 spiro atoms. The zero-order chi connectivity index (χ0) is 20.1. The van der Waals surface area contributed by atoms with Gasteiger partial charge in [-0.05, 0) is 51.7 Å². The Morgan fingerprint density at radius 1 is 1.36 bits per heavy atom. The van der Waals surface area contributed by atoms with Crippen molar-refractivity contribution in [2.45, 2.75) is 45.3 Å². The number of alkyl carbamates (subject to hydrolysis) is 1. The molecule has 2 aromatic heterocycles. The van der Waals surface area contributed by atoms with Gasteiger partial charge in [-0.1, -0.05) is 21.1 Å². The van der Waals surface area contributed by atoms with Crippen molar-refractivity contribution in [1.82, 2.24) is 25.4 Å². The molecule has 1 aliphatic rings. The standard InChI is InChI=1S/C18H20BrN5O4/c1-18(2,3)27-17(26)22-12(8-4-5-8)14-23-15(28-24-14)10-6-9(19)7-11-13(10)21-16(25)20-11/h6-8,12H,4-5H2,1-3H3,(H,22,26)(H2,20,21,25). The normalized spacial score (nSPS) is 15.6. The molecule has 4 rings (SSSR count). The van der Waals surface area contributed by atoms with Crippen molar-refractivity contribution in [3.8, 4) is 11.5 Å². The molecule has 3 aromatic rings. The van der Waals surface area contributed by atoms with Gasteiger partial charge in [0.05, 0.1) is 22.6 Å². The summed E-state index contributed by atoms with van der Waals surface area (Å²) in [5.41, 5.74) is 0.874. The van der Waals surface area contributed by atoms with Crippen molar-refractivity contribution >= 4 is 33.1 Å². The van der Waals surface area contributed by atoms with Gasteiger partial charge in [-0.15, -0.1) is 0 Å². The molecule has 2 heterocycles. The van der Waals surface area contributed by atoms with Crippen LogP contribution in [0.25, 0.3) is 22.5 Å². The van der Waals surface area contributed by atoms with E-state index in [2.05, 4.69) is 41.4 Å². The van der Waals surface area contributed by atoms with Crippen molar-refractivity contribution < 1.29 is 14.1 Å². The summed E-state index contributed by atoms with van der Waals surface area (Å²) in [5, 5.41) is 6.92. The summed E-state index contributed by atoms with van der Waals surface area (Å²) in [6.45, 7) is 5.42. The van der Waals surface area contributed by atoms with Gasteiger partial charge in [0.25, 0.3) is 5.89 Å². The Morgan fingerprint density at radius 2 is 2.11 bits per heavy atom. The van der Waals surface area contributed by atoms with Crippen molar-refractivity contribution in [2.75, 3.05) is 0 Å². The number of hydrogen-bond acceptors (Lipinski definition) is 6. The number of H-pyrrole nitrogens is 2. The maximum absolute atomic E-state index is 12.2. The largest absolute Gasteiger partial charge is 0.444 e. The highest BCUT2D eigenvalue weighted by molar-refractivity contribution is 9.10. The summed E-state index contributed by atoms with van der Waals surface area (Å²) in [7, 11) is 0. The van der Waals surface area contributed by atoms with Crippen LogP contribution >= 0.6 is 15.9 Å². The Bertz CT molecular complexity index is 1090. The van der Waals surface area contributed by atoms with Gasteiger partial charge in [-0.3, -0.25) is 0 Å². The Balaban J connectivity index is 1.65. The minimum Gasteiger partial charge on any atom is -0.444 e. The SMILES string of the molecule is CC(C)(C)OC(=O)NC(c1noc(-c2cc(Br)cc3[nH]c(=O)[nH]c23)n1)C1CC1. The average molecular weight is 450 g/mol. The summed E-state index contributed by atoms with van der Waals surface area (Å²) >= 11 is 3.42. The lowest BCUT2D eigenvalue weighted by atomic mass is 10.1. The third-order valence-electron chi connectivity index (χ3n) is 4.31. The maximum atomic E-state index is 12.2. The van der Waals surface area contributed by atoms with Crippen LogP contribution in [0.5, 0.6) is 0 Å². The first-order valence-electron chi connectivity index (χ1n) is 8.94. The van der Waals surface area contributed by atoms with Crippen molar-refractivity contribution in [3.63, 3.8) is 0 Å². The molecule has 0 bridgehead atoms. The number of aromatic amines is 2. The number of aromatic nitrogens is 4. The molecule has 10 heteroatoms. The number of benzene rings is 1. The number of amides is 1. The number of ether oxygens (including phenoxy) is 1. The second-order valence-corrected chi connectivity index (χ2v) is 8.79. The molecule has 1 saturated carbocycles. The minimum atomic E-state index is -0.595. The highest BCUT2D eigenvalue weighted by Crippen LogP contribution is 2.41. The molecule has 1 aromatic carbocycles. The number of halogens is 1. The summed E-state index contributed by atoms with van der Waals surface area (Å²) in [6, 6.07) is 3.18. The van der Waals surface area contributed by atoms with Crippen LogP contribution in [0, 0.1) is 5.92 Å². The number of imidazole rings is 1. The number of carbonyl (C=O) groups excluding carboxylic acids is 1. The van der Waals surface area contributed by atoms with E-state index in [-0.39, 0.29) is 23.5 Å². The van der Waals surface area contributed by atoms with Gasteiger partial charge in [0, 0.05) is 4.47 Å².